The molecular weight excluding hydrogens is 156 g/mol. The summed E-state index contributed by atoms with van der Waals surface area (Å²) in [5.41, 5.74) is 2.74. The predicted molar refractivity (Wildman–Crippen MR) is 40.5 cm³/mol. The number of nitrogens with zero attached hydrogens (tertiary/aromatic N) is 2. The van der Waals surface area contributed by atoms with E-state index in [1.165, 1.54) is 0 Å². The molecule has 0 radical (unpaired) electrons. The average molecular weight is 162 g/mol. The van der Waals surface area contributed by atoms with Gasteiger partial charge in [-0.1, -0.05) is 6.07 Å². The third-order valence-electron chi connectivity index (χ3n) is 1.98. The smallest absolute Gasteiger partial charge is 0.135 e. The molecule has 4 nitrogen and oxygen atoms in total. The quantitative estimate of drug-likeness (QED) is 0.593. The first kappa shape index (κ1) is 6.14. The highest BCUT2D eigenvalue weighted by atomic mass is 16.6. The number of benzene rings is 1. The molecule has 3 rings (SSSR count). The van der Waals surface area contributed by atoms with Crippen molar-refractivity contribution in [3.05, 3.63) is 23.8 Å². The molecule has 12 heavy (non-hydrogen) atoms. The van der Waals surface area contributed by atoms with Crippen molar-refractivity contribution in [3.63, 3.8) is 0 Å². The van der Waals surface area contributed by atoms with Crippen LogP contribution in [0.5, 0.6) is 0 Å². The lowest BCUT2D eigenvalue weighted by Crippen LogP contribution is -1.79. The molecule has 0 bridgehead atoms. The predicted octanol–water partition coefficient (Wildman–Crippen LogP) is 1.29. The van der Waals surface area contributed by atoms with Crippen LogP contribution in [0.3, 0.4) is 0 Å². The monoisotopic (exact) mass is 162 g/mol. The van der Waals surface area contributed by atoms with Crippen LogP contribution in [-0.4, -0.2) is 16.9 Å². The molecule has 1 aliphatic rings. The van der Waals surface area contributed by atoms with E-state index < -0.39 is 0 Å². The maximum Gasteiger partial charge on any atom is 0.135 e. The number of epoxide rings is 1. The Morgan fingerprint density at radius 2 is 2.08 bits per heavy atom. The van der Waals surface area contributed by atoms with Gasteiger partial charge in [0.1, 0.15) is 17.1 Å². The van der Waals surface area contributed by atoms with E-state index in [1.807, 2.05) is 18.2 Å². The molecule has 0 unspecified atom stereocenters. The lowest BCUT2D eigenvalue weighted by atomic mass is 10.1. The number of aromatic nitrogens is 2. The number of hydrogen-bond donors (Lipinski definition) is 0. The van der Waals surface area contributed by atoms with E-state index in [0.29, 0.717) is 0 Å². The highest BCUT2D eigenvalue weighted by Gasteiger charge is 2.25. The number of hydrogen-bond acceptors (Lipinski definition) is 4. The zero-order valence-electron chi connectivity index (χ0n) is 6.23. The molecule has 2 heterocycles. The van der Waals surface area contributed by atoms with E-state index >= 15 is 0 Å². The summed E-state index contributed by atoms with van der Waals surface area (Å²) in [6.07, 6.45) is 0.270. The van der Waals surface area contributed by atoms with Gasteiger partial charge in [0.15, 0.2) is 0 Å². The summed E-state index contributed by atoms with van der Waals surface area (Å²) in [5.74, 6) is 0. The lowest BCUT2D eigenvalue weighted by molar-refractivity contribution is 0.315. The fraction of sp³-hybridized carbons (Fsp3) is 0.250. The van der Waals surface area contributed by atoms with Gasteiger partial charge in [-0.15, -0.1) is 0 Å². The van der Waals surface area contributed by atoms with Gasteiger partial charge < -0.3 is 4.74 Å². The summed E-state index contributed by atoms with van der Waals surface area (Å²) >= 11 is 0. The molecule has 60 valence electrons. The highest BCUT2D eigenvalue weighted by molar-refractivity contribution is 5.73. The molecule has 1 aromatic carbocycles. The molecule has 0 saturated carbocycles. The van der Waals surface area contributed by atoms with Gasteiger partial charge in [0.25, 0.3) is 0 Å². The first-order valence-corrected chi connectivity index (χ1v) is 3.77. The zero-order chi connectivity index (χ0) is 7.97. The Bertz CT molecular complexity index is 420. The van der Waals surface area contributed by atoms with Crippen LogP contribution in [0.15, 0.2) is 22.8 Å². The van der Waals surface area contributed by atoms with Crippen LogP contribution in [-0.2, 0) is 4.74 Å². The minimum atomic E-state index is 0.270. The maximum absolute atomic E-state index is 5.14. The van der Waals surface area contributed by atoms with Crippen LogP contribution in [0, 0.1) is 0 Å². The van der Waals surface area contributed by atoms with E-state index in [4.69, 9.17) is 4.74 Å². The van der Waals surface area contributed by atoms with Crippen molar-refractivity contribution in [2.24, 2.45) is 0 Å². The van der Waals surface area contributed by atoms with Crippen molar-refractivity contribution in [1.29, 1.82) is 0 Å². The summed E-state index contributed by atoms with van der Waals surface area (Å²) in [7, 11) is 0. The number of ether oxygens (including phenoxy) is 1. The molecule has 1 saturated heterocycles. The molecule has 0 spiro atoms. The third kappa shape index (κ3) is 0.816. The fourth-order valence-corrected chi connectivity index (χ4v) is 1.24. The molecule has 1 fully saturated rings. The topological polar surface area (TPSA) is 51.5 Å². The van der Waals surface area contributed by atoms with Crippen molar-refractivity contribution in [1.82, 2.24) is 10.3 Å². The van der Waals surface area contributed by atoms with E-state index in [0.717, 1.165) is 23.2 Å². The normalized spacial score (nSPS) is 21.5. The number of fused-ring (bicyclic) bond motifs is 1. The van der Waals surface area contributed by atoms with Crippen LogP contribution in [0.4, 0.5) is 0 Å². The molecule has 0 amide bonds. The summed E-state index contributed by atoms with van der Waals surface area (Å²) in [6.45, 7) is 0.816. The molecule has 0 aliphatic carbocycles. The van der Waals surface area contributed by atoms with E-state index in [-0.39, 0.29) is 6.10 Å². The van der Waals surface area contributed by atoms with Crippen molar-refractivity contribution >= 4 is 11.0 Å². The van der Waals surface area contributed by atoms with Crippen LogP contribution >= 0.6 is 0 Å². The van der Waals surface area contributed by atoms with Crippen LogP contribution < -0.4 is 0 Å². The van der Waals surface area contributed by atoms with Crippen LogP contribution in [0.2, 0.25) is 0 Å². The summed E-state index contributed by atoms with van der Waals surface area (Å²) in [5, 5.41) is 7.46. The lowest BCUT2D eigenvalue weighted by Gasteiger charge is -1.91. The van der Waals surface area contributed by atoms with Gasteiger partial charge in [0.2, 0.25) is 0 Å². The molecule has 4 heteroatoms. The van der Waals surface area contributed by atoms with Gasteiger partial charge in [0, 0.05) is 0 Å². The zero-order valence-corrected chi connectivity index (χ0v) is 6.23. The van der Waals surface area contributed by atoms with Gasteiger partial charge in [-0.05, 0) is 28.0 Å². The Kier molecular flexibility index (Phi) is 1.04. The maximum atomic E-state index is 5.14. The molecule has 1 aliphatic heterocycles. The minimum absolute atomic E-state index is 0.270. The molecule has 1 atom stereocenters. The second kappa shape index (κ2) is 2.04. The van der Waals surface area contributed by atoms with Crippen molar-refractivity contribution in [3.8, 4) is 0 Å². The van der Waals surface area contributed by atoms with Crippen LogP contribution in [0.1, 0.15) is 11.7 Å². The van der Waals surface area contributed by atoms with Gasteiger partial charge >= 0.3 is 0 Å². The molecular formula is C8H6N2O2. The largest absolute Gasteiger partial charge is 0.368 e. The van der Waals surface area contributed by atoms with E-state index in [1.54, 1.807) is 0 Å². The van der Waals surface area contributed by atoms with Crippen LogP contribution in [0.25, 0.3) is 11.0 Å². The average Bonchev–Trinajstić information content (AvgIpc) is 2.84. The van der Waals surface area contributed by atoms with E-state index in [2.05, 4.69) is 14.9 Å². The molecule has 0 N–H and O–H groups in total. The summed E-state index contributed by atoms with van der Waals surface area (Å²) in [6, 6.07) is 5.83. The first-order valence-electron chi connectivity index (χ1n) is 3.77. The Hall–Kier alpha value is -1.42. The summed E-state index contributed by atoms with van der Waals surface area (Å²) < 4.78 is 9.72. The number of rotatable bonds is 1. The third-order valence-corrected chi connectivity index (χ3v) is 1.98. The van der Waals surface area contributed by atoms with Gasteiger partial charge in [0.05, 0.1) is 6.61 Å². The Morgan fingerprint density at radius 1 is 1.25 bits per heavy atom. The second-order valence-corrected chi connectivity index (χ2v) is 2.83. The van der Waals surface area contributed by atoms with Crippen molar-refractivity contribution in [2.75, 3.05) is 6.61 Å². The fourth-order valence-electron chi connectivity index (χ4n) is 1.24. The van der Waals surface area contributed by atoms with Gasteiger partial charge in [-0.25, -0.2) is 4.63 Å². The van der Waals surface area contributed by atoms with Gasteiger partial charge in [-0.2, -0.15) is 0 Å². The summed E-state index contributed by atoms with van der Waals surface area (Å²) in [4.78, 5) is 0. The Morgan fingerprint density at radius 3 is 2.92 bits per heavy atom. The van der Waals surface area contributed by atoms with Crippen molar-refractivity contribution < 1.29 is 9.37 Å². The SMILES string of the molecule is c1cc2nonc2cc1[C@H]1CO1. The standard InChI is InChI=1S/C8H6N2O2/c1-2-6-7(10-12-9-6)3-5(1)8-4-11-8/h1-3,8H,4H2/t8-/m1/s1. The highest BCUT2D eigenvalue weighted by Crippen LogP contribution is 2.30. The van der Waals surface area contributed by atoms with E-state index in [9.17, 15) is 0 Å². The van der Waals surface area contributed by atoms with Crippen molar-refractivity contribution in [2.45, 2.75) is 6.10 Å². The Balaban J connectivity index is 2.21. The van der Waals surface area contributed by atoms with Gasteiger partial charge in [-0.3, -0.25) is 0 Å². The molecule has 2 aromatic rings. The first-order chi connectivity index (χ1) is 5.93. The molecule has 1 aromatic heterocycles. The minimum Gasteiger partial charge on any atom is -0.368 e. The second-order valence-electron chi connectivity index (χ2n) is 2.83. The Labute approximate surface area is 68.1 Å².